The monoisotopic (exact) mass is 245 g/mol. The Kier molecular flexibility index (Phi) is 3.71. The number of aromatic nitrogens is 1. The number of nitrogens with zero attached hydrogens (tertiary/aromatic N) is 1. The van der Waals surface area contributed by atoms with Crippen molar-refractivity contribution in [2.45, 2.75) is 26.8 Å². The Morgan fingerprint density at radius 1 is 1.38 bits per heavy atom. The molecule has 0 atom stereocenters. The first-order valence-electron chi connectivity index (χ1n) is 4.77. The summed E-state index contributed by atoms with van der Waals surface area (Å²) in [4.78, 5) is 3.88. The van der Waals surface area contributed by atoms with Crippen LogP contribution >= 0.6 is 0 Å². The number of pyridine rings is 1. The summed E-state index contributed by atoms with van der Waals surface area (Å²) in [7, 11) is -3.70. The van der Waals surface area contributed by atoms with Crippen molar-refractivity contribution in [2.75, 3.05) is 4.72 Å². The van der Waals surface area contributed by atoms with Gasteiger partial charge < -0.3 is 5.11 Å². The van der Waals surface area contributed by atoms with Crippen LogP contribution in [0.25, 0.3) is 0 Å². The number of hydrogen-bond acceptors (Lipinski definition) is 4. The lowest BCUT2D eigenvalue weighted by Gasteiger charge is -2.12. The van der Waals surface area contributed by atoms with Crippen molar-refractivity contribution in [3.05, 3.63) is 17.8 Å². The molecule has 90 valence electrons. The first kappa shape index (κ1) is 12.7. The fourth-order valence-electron chi connectivity index (χ4n) is 1.09. The molecule has 0 aliphatic rings. The van der Waals surface area contributed by atoms with E-state index in [2.05, 4.69) is 14.4 Å². The van der Waals surface area contributed by atoms with Gasteiger partial charge in [0.1, 0.15) is 0 Å². The molecular formula is C9H15N3O3S. The van der Waals surface area contributed by atoms with Crippen molar-refractivity contribution in [1.82, 2.24) is 9.71 Å². The van der Waals surface area contributed by atoms with E-state index in [9.17, 15) is 13.5 Å². The van der Waals surface area contributed by atoms with Crippen molar-refractivity contribution in [3.8, 4) is 5.75 Å². The molecule has 0 bridgehead atoms. The molecule has 1 heterocycles. The molecule has 0 radical (unpaired) electrons. The second kappa shape index (κ2) is 4.67. The molecule has 0 spiro atoms. The van der Waals surface area contributed by atoms with E-state index >= 15 is 0 Å². The topological polar surface area (TPSA) is 91.3 Å². The molecule has 0 saturated heterocycles. The summed E-state index contributed by atoms with van der Waals surface area (Å²) in [5.74, 6) is -0.284. The van der Waals surface area contributed by atoms with Gasteiger partial charge in [-0.15, -0.1) is 0 Å². The van der Waals surface area contributed by atoms with Gasteiger partial charge in [0.2, 0.25) is 0 Å². The summed E-state index contributed by atoms with van der Waals surface area (Å²) >= 11 is 0. The second-order valence-electron chi connectivity index (χ2n) is 3.70. The summed E-state index contributed by atoms with van der Waals surface area (Å²) < 4.78 is 27.5. The molecule has 0 saturated carbocycles. The highest BCUT2D eigenvalue weighted by molar-refractivity contribution is 7.90. The van der Waals surface area contributed by atoms with E-state index in [0.717, 1.165) is 0 Å². The second-order valence-corrected chi connectivity index (χ2v) is 5.15. The van der Waals surface area contributed by atoms with Gasteiger partial charge in [0.15, 0.2) is 11.6 Å². The largest absolute Gasteiger partial charge is 0.504 e. The Morgan fingerprint density at radius 2 is 2.00 bits per heavy atom. The summed E-state index contributed by atoms with van der Waals surface area (Å²) in [5, 5.41) is 9.42. The number of anilines is 1. The van der Waals surface area contributed by atoms with Gasteiger partial charge in [0, 0.05) is 11.7 Å². The third kappa shape index (κ3) is 3.67. The van der Waals surface area contributed by atoms with Crippen LogP contribution in [0.1, 0.15) is 19.5 Å². The van der Waals surface area contributed by atoms with Crippen LogP contribution < -0.4 is 9.44 Å². The van der Waals surface area contributed by atoms with Crippen LogP contribution in [0.3, 0.4) is 0 Å². The van der Waals surface area contributed by atoms with Crippen molar-refractivity contribution in [3.63, 3.8) is 0 Å². The van der Waals surface area contributed by atoms with Gasteiger partial charge in [-0.25, -0.2) is 4.98 Å². The van der Waals surface area contributed by atoms with Crippen LogP contribution in [0.15, 0.2) is 12.1 Å². The van der Waals surface area contributed by atoms with E-state index in [-0.39, 0.29) is 17.6 Å². The standard InChI is InChI=1S/C9H15N3O3S/c1-6(2)11-16(14,15)12-9-8(13)5-4-7(3)10-9/h4-6,11,13H,1-3H3,(H,10,12). The zero-order valence-electron chi connectivity index (χ0n) is 9.35. The van der Waals surface area contributed by atoms with Gasteiger partial charge in [-0.1, -0.05) is 0 Å². The lowest BCUT2D eigenvalue weighted by molar-refractivity contribution is 0.475. The molecule has 0 unspecified atom stereocenters. The molecule has 1 rings (SSSR count). The lowest BCUT2D eigenvalue weighted by atomic mass is 10.3. The predicted octanol–water partition coefficient (Wildman–Crippen LogP) is 0.750. The minimum absolute atomic E-state index is 0.0758. The maximum Gasteiger partial charge on any atom is 0.300 e. The summed E-state index contributed by atoms with van der Waals surface area (Å²) in [6.45, 7) is 5.10. The Balaban J connectivity index is 2.92. The molecule has 3 N–H and O–H groups in total. The number of rotatable bonds is 4. The molecule has 7 heteroatoms. The number of nitrogens with one attached hydrogen (secondary N) is 2. The molecular weight excluding hydrogens is 230 g/mol. The van der Waals surface area contributed by atoms with Crippen LogP contribution in [0.4, 0.5) is 5.82 Å². The van der Waals surface area contributed by atoms with Crippen LogP contribution in [-0.2, 0) is 10.2 Å². The molecule has 1 aromatic rings. The van der Waals surface area contributed by atoms with E-state index in [1.54, 1.807) is 26.8 Å². The van der Waals surface area contributed by atoms with Crippen LogP contribution in [0.2, 0.25) is 0 Å². The normalized spacial score (nSPS) is 11.8. The van der Waals surface area contributed by atoms with Gasteiger partial charge in [-0.05, 0) is 32.9 Å². The molecule has 0 aliphatic carbocycles. The van der Waals surface area contributed by atoms with E-state index in [1.807, 2.05) is 0 Å². The predicted molar refractivity (Wildman–Crippen MR) is 61.5 cm³/mol. The zero-order valence-corrected chi connectivity index (χ0v) is 10.2. The maximum absolute atomic E-state index is 11.5. The highest BCUT2D eigenvalue weighted by Gasteiger charge is 2.14. The lowest BCUT2D eigenvalue weighted by Crippen LogP contribution is -2.35. The highest BCUT2D eigenvalue weighted by Crippen LogP contribution is 2.20. The molecule has 16 heavy (non-hydrogen) atoms. The Labute approximate surface area is 94.9 Å². The van der Waals surface area contributed by atoms with Crippen molar-refractivity contribution < 1.29 is 13.5 Å². The zero-order chi connectivity index (χ0) is 12.3. The third-order valence-electron chi connectivity index (χ3n) is 1.64. The molecule has 1 aromatic heterocycles. The van der Waals surface area contributed by atoms with Crippen LogP contribution in [0.5, 0.6) is 5.75 Å². The average molecular weight is 245 g/mol. The van der Waals surface area contributed by atoms with Gasteiger partial charge in [-0.2, -0.15) is 13.1 Å². The Morgan fingerprint density at radius 3 is 2.56 bits per heavy atom. The fourth-order valence-corrected chi connectivity index (χ4v) is 2.18. The highest BCUT2D eigenvalue weighted by atomic mass is 32.2. The van der Waals surface area contributed by atoms with Crippen molar-refractivity contribution in [1.29, 1.82) is 0 Å². The first-order chi connectivity index (χ1) is 7.30. The molecule has 0 fully saturated rings. The summed E-state index contributed by atoms with van der Waals surface area (Å²) in [6.07, 6.45) is 0. The smallest absolute Gasteiger partial charge is 0.300 e. The first-order valence-corrected chi connectivity index (χ1v) is 6.25. The Bertz CT molecular complexity index is 471. The van der Waals surface area contributed by atoms with E-state index < -0.39 is 10.2 Å². The number of hydrogen-bond donors (Lipinski definition) is 3. The van der Waals surface area contributed by atoms with Gasteiger partial charge >= 0.3 is 10.2 Å². The molecule has 0 aliphatic heterocycles. The average Bonchev–Trinajstić information content (AvgIpc) is 2.08. The number of aromatic hydroxyl groups is 1. The van der Waals surface area contributed by atoms with E-state index in [0.29, 0.717) is 5.69 Å². The van der Waals surface area contributed by atoms with Crippen LogP contribution in [-0.4, -0.2) is 24.6 Å². The van der Waals surface area contributed by atoms with Gasteiger partial charge in [-0.3, -0.25) is 4.72 Å². The fraction of sp³-hybridized carbons (Fsp3) is 0.444. The maximum atomic E-state index is 11.5. The SMILES string of the molecule is Cc1ccc(O)c(NS(=O)(=O)NC(C)C)n1. The molecule has 0 amide bonds. The number of aryl methyl sites for hydroxylation is 1. The third-order valence-corrected chi connectivity index (χ3v) is 2.88. The van der Waals surface area contributed by atoms with Gasteiger partial charge in [0.05, 0.1) is 0 Å². The van der Waals surface area contributed by atoms with Crippen molar-refractivity contribution in [2.24, 2.45) is 0 Å². The molecule has 6 nitrogen and oxygen atoms in total. The van der Waals surface area contributed by atoms with E-state index in [1.165, 1.54) is 6.07 Å². The van der Waals surface area contributed by atoms with E-state index in [4.69, 9.17) is 0 Å². The quantitative estimate of drug-likeness (QED) is 0.730. The van der Waals surface area contributed by atoms with Gasteiger partial charge in [0.25, 0.3) is 0 Å². The summed E-state index contributed by atoms with van der Waals surface area (Å²) in [6, 6.07) is 2.74. The van der Waals surface area contributed by atoms with Crippen molar-refractivity contribution >= 4 is 16.0 Å². The Hall–Kier alpha value is -1.34. The minimum atomic E-state index is -3.70. The summed E-state index contributed by atoms with van der Waals surface area (Å²) in [5.41, 5.74) is 0.611. The van der Waals surface area contributed by atoms with Crippen LogP contribution in [0, 0.1) is 6.92 Å². The molecule has 0 aromatic carbocycles. The minimum Gasteiger partial charge on any atom is -0.504 e.